The minimum absolute atomic E-state index is 0.358. The van der Waals surface area contributed by atoms with Gasteiger partial charge in [-0.25, -0.2) is 9.97 Å². The zero-order valence-electron chi connectivity index (χ0n) is 6.20. The molecule has 1 aromatic rings. The number of aromatic nitrogens is 2. The van der Waals surface area contributed by atoms with Crippen molar-refractivity contribution < 1.29 is 0 Å². The lowest BCUT2D eigenvalue weighted by Crippen LogP contribution is -2.29. The molecule has 0 radical (unpaired) electrons. The van der Waals surface area contributed by atoms with Gasteiger partial charge in [0.2, 0.25) is 0 Å². The van der Waals surface area contributed by atoms with E-state index >= 15 is 0 Å². The van der Waals surface area contributed by atoms with E-state index in [1.54, 1.807) is 6.20 Å². The zero-order valence-corrected chi connectivity index (χ0v) is 6.20. The first-order valence-electron chi connectivity index (χ1n) is 3.16. The third kappa shape index (κ3) is 1.51. The molecule has 0 spiro atoms. The third-order valence-electron chi connectivity index (χ3n) is 1.24. The highest BCUT2D eigenvalue weighted by molar-refractivity contribution is 5.08. The zero-order chi connectivity index (χ0) is 7.61. The lowest BCUT2D eigenvalue weighted by Gasteiger charge is -2.16. The van der Waals surface area contributed by atoms with Gasteiger partial charge in [0.05, 0.1) is 11.2 Å². The van der Waals surface area contributed by atoms with Crippen LogP contribution >= 0.6 is 0 Å². The monoisotopic (exact) mass is 137 g/mol. The Balaban J connectivity index is 2.97. The average Bonchev–Trinajstić information content (AvgIpc) is 1.88. The van der Waals surface area contributed by atoms with E-state index in [1.807, 2.05) is 19.9 Å². The molecule has 0 saturated carbocycles. The SMILES string of the molecule is CC(C)(N)c1ccncn1. The molecule has 0 atom stereocenters. The van der Waals surface area contributed by atoms with Crippen molar-refractivity contribution in [1.29, 1.82) is 0 Å². The molecule has 1 rings (SSSR count). The van der Waals surface area contributed by atoms with Gasteiger partial charge < -0.3 is 5.73 Å². The molecule has 1 aromatic heterocycles. The van der Waals surface area contributed by atoms with Crippen LogP contribution in [0.4, 0.5) is 0 Å². The van der Waals surface area contributed by atoms with Crippen LogP contribution in [-0.4, -0.2) is 9.97 Å². The van der Waals surface area contributed by atoms with Crippen LogP contribution in [-0.2, 0) is 5.54 Å². The van der Waals surface area contributed by atoms with Gasteiger partial charge in [-0.1, -0.05) is 0 Å². The molecule has 0 aromatic carbocycles. The van der Waals surface area contributed by atoms with E-state index in [0.29, 0.717) is 0 Å². The maximum Gasteiger partial charge on any atom is 0.115 e. The molecule has 3 heteroatoms. The normalized spacial score (nSPS) is 11.5. The Morgan fingerprint density at radius 3 is 2.50 bits per heavy atom. The summed E-state index contributed by atoms with van der Waals surface area (Å²) in [5.41, 5.74) is 6.27. The number of hydrogen-bond acceptors (Lipinski definition) is 3. The van der Waals surface area contributed by atoms with E-state index in [-0.39, 0.29) is 5.54 Å². The van der Waals surface area contributed by atoms with Crippen LogP contribution in [0.2, 0.25) is 0 Å². The van der Waals surface area contributed by atoms with Crippen molar-refractivity contribution in [2.45, 2.75) is 19.4 Å². The number of nitrogens with zero attached hydrogens (tertiary/aromatic N) is 2. The van der Waals surface area contributed by atoms with Gasteiger partial charge in [0.15, 0.2) is 0 Å². The Bertz CT molecular complexity index is 200. The summed E-state index contributed by atoms with van der Waals surface area (Å²) >= 11 is 0. The molecule has 0 amide bonds. The molecule has 0 aliphatic heterocycles. The van der Waals surface area contributed by atoms with Gasteiger partial charge in [0.25, 0.3) is 0 Å². The Kier molecular flexibility index (Phi) is 1.68. The predicted molar refractivity (Wildman–Crippen MR) is 39.2 cm³/mol. The van der Waals surface area contributed by atoms with Gasteiger partial charge >= 0.3 is 0 Å². The largest absolute Gasteiger partial charge is 0.321 e. The number of rotatable bonds is 1. The van der Waals surface area contributed by atoms with Crippen LogP contribution in [0.15, 0.2) is 18.6 Å². The minimum atomic E-state index is -0.358. The van der Waals surface area contributed by atoms with E-state index in [9.17, 15) is 0 Å². The summed E-state index contributed by atoms with van der Waals surface area (Å²) in [5.74, 6) is 0. The molecular formula is C7H11N3. The molecule has 2 N–H and O–H groups in total. The standard InChI is InChI=1S/C7H11N3/c1-7(2,8)6-3-4-9-5-10-6/h3-5H,8H2,1-2H3. The van der Waals surface area contributed by atoms with Crippen LogP contribution in [0.3, 0.4) is 0 Å². The first kappa shape index (κ1) is 7.15. The maximum atomic E-state index is 5.77. The van der Waals surface area contributed by atoms with Crippen LogP contribution in [0.5, 0.6) is 0 Å². The smallest absolute Gasteiger partial charge is 0.115 e. The van der Waals surface area contributed by atoms with Crippen LogP contribution in [0.25, 0.3) is 0 Å². The highest BCUT2D eigenvalue weighted by Gasteiger charge is 2.14. The molecule has 1 heterocycles. The van der Waals surface area contributed by atoms with E-state index in [4.69, 9.17) is 5.73 Å². The van der Waals surface area contributed by atoms with Crippen molar-refractivity contribution in [3.8, 4) is 0 Å². The third-order valence-corrected chi connectivity index (χ3v) is 1.24. The van der Waals surface area contributed by atoms with Crippen molar-refractivity contribution in [2.24, 2.45) is 5.73 Å². The molecular weight excluding hydrogens is 126 g/mol. The fourth-order valence-corrected chi connectivity index (χ4v) is 0.672. The first-order valence-corrected chi connectivity index (χ1v) is 3.16. The fourth-order valence-electron chi connectivity index (χ4n) is 0.672. The summed E-state index contributed by atoms with van der Waals surface area (Å²) in [5, 5.41) is 0. The Hall–Kier alpha value is -0.960. The quantitative estimate of drug-likeness (QED) is 0.619. The minimum Gasteiger partial charge on any atom is -0.321 e. The van der Waals surface area contributed by atoms with Gasteiger partial charge in [0.1, 0.15) is 6.33 Å². The first-order chi connectivity index (χ1) is 4.61. The van der Waals surface area contributed by atoms with Crippen LogP contribution in [0.1, 0.15) is 19.5 Å². The molecule has 0 unspecified atom stereocenters. The number of hydrogen-bond donors (Lipinski definition) is 1. The van der Waals surface area contributed by atoms with Crippen molar-refractivity contribution in [3.05, 3.63) is 24.3 Å². The summed E-state index contributed by atoms with van der Waals surface area (Å²) in [6.45, 7) is 3.82. The van der Waals surface area contributed by atoms with Crippen LogP contribution in [0, 0.1) is 0 Å². The van der Waals surface area contributed by atoms with Gasteiger partial charge in [-0.15, -0.1) is 0 Å². The second-order valence-corrected chi connectivity index (χ2v) is 2.82. The van der Waals surface area contributed by atoms with Gasteiger partial charge in [-0.05, 0) is 19.9 Å². The Labute approximate surface area is 60.3 Å². The molecule has 0 bridgehead atoms. The van der Waals surface area contributed by atoms with Gasteiger partial charge in [0, 0.05) is 6.20 Å². The van der Waals surface area contributed by atoms with Crippen molar-refractivity contribution in [3.63, 3.8) is 0 Å². The summed E-state index contributed by atoms with van der Waals surface area (Å²) in [6.07, 6.45) is 3.20. The molecule has 3 nitrogen and oxygen atoms in total. The van der Waals surface area contributed by atoms with Crippen LogP contribution < -0.4 is 5.73 Å². The summed E-state index contributed by atoms with van der Waals surface area (Å²) < 4.78 is 0. The van der Waals surface area contributed by atoms with E-state index in [0.717, 1.165) is 5.69 Å². The van der Waals surface area contributed by atoms with Gasteiger partial charge in [-0.2, -0.15) is 0 Å². The molecule has 0 fully saturated rings. The highest BCUT2D eigenvalue weighted by Crippen LogP contribution is 2.11. The second-order valence-electron chi connectivity index (χ2n) is 2.82. The van der Waals surface area contributed by atoms with Crippen molar-refractivity contribution >= 4 is 0 Å². The second kappa shape index (κ2) is 2.34. The molecule has 54 valence electrons. The maximum absolute atomic E-state index is 5.77. The Morgan fingerprint density at radius 2 is 2.20 bits per heavy atom. The Morgan fingerprint density at radius 1 is 1.50 bits per heavy atom. The van der Waals surface area contributed by atoms with E-state index in [2.05, 4.69) is 9.97 Å². The lowest BCUT2D eigenvalue weighted by atomic mass is 10.0. The molecule has 10 heavy (non-hydrogen) atoms. The predicted octanol–water partition coefficient (Wildman–Crippen LogP) is 0.670. The number of nitrogens with two attached hydrogens (primary N) is 1. The molecule has 0 saturated heterocycles. The van der Waals surface area contributed by atoms with E-state index < -0.39 is 0 Å². The summed E-state index contributed by atoms with van der Waals surface area (Å²) in [7, 11) is 0. The van der Waals surface area contributed by atoms with Crippen molar-refractivity contribution in [1.82, 2.24) is 9.97 Å². The molecule has 0 aliphatic rings. The molecule has 0 aliphatic carbocycles. The fraction of sp³-hybridized carbons (Fsp3) is 0.429. The average molecular weight is 137 g/mol. The van der Waals surface area contributed by atoms with Crippen molar-refractivity contribution in [2.75, 3.05) is 0 Å². The highest BCUT2D eigenvalue weighted by atomic mass is 14.9. The summed E-state index contributed by atoms with van der Waals surface area (Å²) in [4.78, 5) is 7.81. The van der Waals surface area contributed by atoms with Gasteiger partial charge in [-0.3, -0.25) is 0 Å². The topological polar surface area (TPSA) is 51.8 Å². The van der Waals surface area contributed by atoms with E-state index in [1.165, 1.54) is 6.33 Å². The summed E-state index contributed by atoms with van der Waals surface area (Å²) in [6, 6.07) is 1.82. The lowest BCUT2D eigenvalue weighted by molar-refractivity contribution is 0.533.